The third-order valence-corrected chi connectivity index (χ3v) is 5.26. The van der Waals surface area contributed by atoms with Gasteiger partial charge in [-0.15, -0.1) is 0 Å². The largest absolute Gasteiger partial charge is 0.497 e. The predicted octanol–water partition coefficient (Wildman–Crippen LogP) is 1.71. The molecule has 0 radical (unpaired) electrons. The van der Waals surface area contributed by atoms with Crippen molar-refractivity contribution in [3.05, 3.63) is 41.1 Å². The van der Waals surface area contributed by atoms with Gasteiger partial charge in [-0.3, -0.25) is 0 Å². The maximum absolute atomic E-state index is 12.7. The van der Waals surface area contributed by atoms with Crippen LogP contribution in [0.1, 0.15) is 44.2 Å². The van der Waals surface area contributed by atoms with Gasteiger partial charge in [0.25, 0.3) is 0 Å². The summed E-state index contributed by atoms with van der Waals surface area (Å²) >= 11 is 0. The summed E-state index contributed by atoms with van der Waals surface area (Å²) in [6.07, 6.45) is 2.14. The van der Waals surface area contributed by atoms with Gasteiger partial charge in [0.05, 0.1) is 31.0 Å². The van der Waals surface area contributed by atoms with E-state index in [4.69, 9.17) is 14.2 Å². The summed E-state index contributed by atoms with van der Waals surface area (Å²) in [5.41, 5.74) is -0.635. The lowest BCUT2D eigenvalue weighted by Gasteiger charge is -2.29. The van der Waals surface area contributed by atoms with Crippen molar-refractivity contribution in [3.8, 4) is 5.75 Å². The van der Waals surface area contributed by atoms with E-state index < -0.39 is 29.6 Å². The topological polar surface area (TPSA) is 123 Å². The van der Waals surface area contributed by atoms with Gasteiger partial charge in [-0.2, -0.15) is 0 Å². The molecule has 2 aliphatic rings. The van der Waals surface area contributed by atoms with Crippen LogP contribution in [-0.4, -0.2) is 49.0 Å². The summed E-state index contributed by atoms with van der Waals surface area (Å²) in [6.45, 7) is 1.44. The maximum Gasteiger partial charge on any atom is 0.338 e. The molecule has 3 rings (SSSR count). The number of methoxy groups -OCH3 is 1. The zero-order valence-electron chi connectivity index (χ0n) is 17.0. The molecular formula is C21H26N2O7. The minimum Gasteiger partial charge on any atom is -0.497 e. The second-order valence-electron chi connectivity index (χ2n) is 7.23. The fourth-order valence-corrected chi connectivity index (χ4v) is 3.66. The molecule has 9 nitrogen and oxygen atoms in total. The van der Waals surface area contributed by atoms with Crippen molar-refractivity contribution in [1.29, 1.82) is 0 Å². The molecule has 0 saturated heterocycles. The van der Waals surface area contributed by atoms with Crippen LogP contribution in [0.3, 0.4) is 0 Å². The minimum absolute atomic E-state index is 0.118. The van der Waals surface area contributed by atoms with Crippen LogP contribution in [0.25, 0.3) is 0 Å². The fourth-order valence-electron chi connectivity index (χ4n) is 3.66. The van der Waals surface area contributed by atoms with Gasteiger partial charge in [0.15, 0.2) is 5.60 Å². The molecule has 1 atom stereocenters. The number of nitrogens with one attached hydrogen (secondary N) is 2. The molecule has 1 heterocycles. The Hall–Kier alpha value is -3.07. The molecule has 0 bridgehead atoms. The average Bonchev–Trinajstić information content (AvgIpc) is 3.19. The molecule has 1 aromatic carbocycles. The smallest absolute Gasteiger partial charge is 0.338 e. The Morgan fingerprint density at radius 1 is 1.17 bits per heavy atom. The zero-order valence-corrected chi connectivity index (χ0v) is 17.0. The first kappa shape index (κ1) is 21.6. The molecule has 1 aliphatic heterocycles. The number of hydrogen-bond acceptors (Lipinski definition) is 7. The standard InChI is InChI=1S/C21H26N2O7/c1-3-29-18(24)16-15(12-30-19(25)21(27)10-4-5-11-21)22-20(26)23-17(16)13-6-8-14(28-2)9-7-13/h6-9,17,27H,3-5,10-12H2,1-2H3,(H2,22,23,26). The number of rotatable bonds is 7. The van der Waals surface area contributed by atoms with Crippen molar-refractivity contribution >= 4 is 18.0 Å². The number of aliphatic hydroxyl groups is 1. The molecule has 1 saturated carbocycles. The maximum atomic E-state index is 12.7. The first-order valence-electron chi connectivity index (χ1n) is 9.89. The van der Waals surface area contributed by atoms with E-state index in [2.05, 4.69) is 10.6 Å². The lowest BCUT2D eigenvalue weighted by atomic mass is 9.95. The SMILES string of the molecule is CCOC(=O)C1=C(COC(=O)C2(O)CCCC2)NC(=O)NC1c1ccc(OC)cc1. The van der Waals surface area contributed by atoms with Gasteiger partial charge in [0.2, 0.25) is 0 Å². The van der Waals surface area contributed by atoms with Crippen LogP contribution in [0.2, 0.25) is 0 Å². The van der Waals surface area contributed by atoms with Gasteiger partial charge in [0.1, 0.15) is 12.4 Å². The van der Waals surface area contributed by atoms with E-state index in [1.54, 1.807) is 31.2 Å². The molecule has 30 heavy (non-hydrogen) atoms. The van der Waals surface area contributed by atoms with Crippen LogP contribution in [0.5, 0.6) is 5.75 Å². The van der Waals surface area contributed by atoms with E-state index >= 15 is 0 Å². The number of ether oxygens (including phenoxy) is 3. The van der Waals surface area contributed by atoms with Crippen molar-refractivity contribution in [2.75, 3.05) is 20.3 Å². The highest BCUT2D eigenvalue weighted by molar-refractivity contribution is 5.95. The first-order chi connectivity index (χ1) is 14.4. The molecule has 1 aromatic rings. The average molecular weight is 418 g/mol. The van der Waals surface area contributed by atoms with E-state index in [-0.39, 0.29) is 24.5 Å². The Morgan fingerprint density at radius 2 is 1.83 bits per heavy atom. The highest BCUT2D eigenvalue weighted by Gasteiger charge is 2.41. The molecule has 2 amide bonds. The highest BCUT2D eigenvalue weighted by atomic mass is 16.6. The van der Waals surface area contributed by atoms with Gasteiger partial charge in [-0.25, -0.2) is 14.4 Å². The van der Waals surface area contributed by atoms with E-state index in [0.717, 1.165) is 12.8 Å². The Morgan fingerprint density at radius 3 is 2.43 bits per heavy atom. The Kier molecular flexibility index (Phi) is 6.61. The minimum atomic E-state index is -1.52. The number of esters is 2. The Balaban J connectivity index is 1.90. The van der Waals surface area contributed by atoms with Gasteiger partial charge < -0.3 is 30.0 Å². The summed E-state index contributed by atoms with van der Waals surface area (Å²) in [7, 11) is 1.54. The molecule has 9 heteroatoms. The van der Waals surface area contributed by atoms with Crippen LogP contribution >= 0.6 is 0 Å². The van der Waals surface area contributed by atoms with Gasteiger partial charge in [0, 0.05) is 0 Å². The monoisotopic (exact) mass is 418 g/mol. The van der Waals surface area contributed by atoms with E-state index in [1.165, 1.54) is 7.11 Å². The number of amides is 2. The summed E-state index contributed by atoms with van der Waals surface area (Å²) in [5, 5.41) is 15.6. The van der Waals surface area contributed by atoms with Gasteiger partial charge >= 0.3 is 18.0 Å². The number of benzene rings is 1. The summed E-state index contributed by atoms with van der Waals surface area (Å²) in [5.74, 6) is -0.777. The predicted molar refractivity (Wildman–Crippen MR) is 105 cm³/mol. The molecule has 162 valence electrons. The highest BCUT2D eigenvalue weighted by Crippen LogP contribution is 2.32. The zero-order chi connectivity index (χ0) is 21.7. The lowest BCUT2D eigenvalue weighted by Crippen LogP contribution is -2.47. The molecule has 1 aliphatic carbocycles. The second kappa shape index (κ2) is 9.17. The molecule has 1 fully saturated rings. The molecule has 0 aromatic heterocycles. The van der Waals surface area contributed by atoms with Gasteiger partial charge in [-0.05, 0) is 50.3 Å². The van der Waals surface area contributed by atoms with Crippen molar-refractivity contribution in [2.45, 2.75) is 44.2 Å². The second-order valence-corrected chi connectivity index (χ2v) is 7.23. The summed E-state index contributed by atoms with van der Waals surface area (Å²) in [6, 6.07) is 5.52. The third kappa shape index (κ3) is 4.56. The van der Waals surface area contributed by atoms with E-state index in [0.29, 0.717) is 24.2 Å². The van der Waals surface area contributed by atoms with Crippen LogP contribution in [0.4, 0.5) is 4.79 Å². The van der Waals surface area contributed by atoms with Crippen LogP contribution in [0.15, 0.2) is 35.5 Å². The number of carbonyl (C=O) groups excluding carboxylic acids is 3. The molecular weight excluding hydrogens is 392 g/mol. The van der Waals surface area contributed by atoms with Crippen LogP contribution in [0, 0.1) is 0 Å². The lowest BCUT2D eigenvalue weighted by molar-refractivity contribution is -0.164. The normalized spacial score (nSPS) is 20.2. The summed E-state index contributed by atoms with van der Waals surface area (Å²) < 4.78 is 15.6. The third-order valence-electron chi connectivity index (χ3n) is 5.26. The quantitative estimate of drug-likeness (QED) is 0.576. The molecule has 0 spiro atoms. The number of urea groups is 1. The van der Waals surface area contributed by atoms with Crippen molar-refractivity contribution < 1.29 is 33.7 Å². The van der Waals surface area contributed by atoms with Crippen molar-refractivity contribution in [2.24, 2.45) is 0 Å². The Labute approximate surface area is 174 Å². The Bertz CT molecular complexity index is 841. The van der Waals surface area contributed by atoms with Crippen molar-refractivity contribution in [3.63, 3.8) is 0 Å². The van der Waals surface area contributed by atoms with Crippen LogP contribution < -0.4 is 15.4 Å². The fraction of sp³-hybridized carbons (Fsp3) is 0.476. The number of hydrogen-bond donors (Lipinski definition) is 3. The molecule has 3 N–H and O–H groups in total. The number of carbonyl (C=O) groups is 3. The van der Waals surface area contributed by atoms with Crippen LogP contribution in [-0.2, 0) is 19.1 Å². The first-order valence-corrected chi connectivity index (χ1v) is 9.89. The van der Waals surface area contributed by atoms with E-state index in [9.17, 15) is 19.5 Å². The summed E-state index contributed by atoms with van der Waals surface area (Å²) in [4.78, 5) is 37.3. The van der Waals surface area contributed by atoms with Gasteiger partial charge in [-0.1, -0.05) is 12.1 Å². The van der Waals surface area contributed by atoms with E-state index in [1.807, 2.05) is 0 Å². The van der Waals surface area contributed by atoms with Crippen molar-refractivity contribution in [1.82, 2.24) is 10.6 Å². The molecule has 1 unspecified atom stereocenters.